The van der Waals surface area contributed by atoms with Crippen LogP contribution in [0.15, 0.2) is 18.2 Å². The number of rotatable bonds is 3. The van der Waals surface area contributed by atoms with Crippen molar-refractivity contribution >= 4 is 5.78 Å². The molecule has 0 unspecified atom stereocenters. The summed E-state index contributed by atoms with van der Waals surface area (Å²) in [6.45, 7) is 0.894. The van der Waals surface area contributed by atoms with E-state index in [1.165, 1.54) is 0 Å². The first kappa shape index (κ1) is 27.1. The van der Waals surface area contributed by atoms with Crippen LogP contribution in [0, 0.1) is 30.2 Å². The van der Waals surface area contributed by atoms with Crippen LogP contribution in [0.4, 0.5) is 43.9 Å². The number of pyridine rings is 1. The fraction of sp³-hybridized carbons (Fsp3) is 0.167. The maximum atomic E-state index is 14.0. The summed E-state index contributed by atoms with van der Waals surface area (Å²) in [7, 11) is 0. The van der Waals surface area contributed by atoms with Crippen molar-refractivity contribution in [2.75, 3.05) is 0 Å². The van der Waals surface area contributed by atoms with Crippen LogP contribution in [-0.2, 0) is 29.4 Å². The number of nitrogens with zero attached hydrogens (tertiary/aromatic N) is 3. The molecule has 187 valence electrons. The number of hydrogen-bond acceptors (Lipinski definition) is 4. The second-order valence-corrected chi connectivity index (χ2v) is 6.46. The predicted molar refractivity (Wildman–Crippen MR) is 87.5 cm³/mol. The molecule has 0 fully saturated rings. The van der Waals surface area contributed by atoms with Crippen LogP contribution in [0.25, 0.3) is 5.69 Å². The Hall–Kier alpha value is -3.13. The van der Waals surface area contributed by atoms with E-state index in [9.17, 15) is 53.8 Å². The first-order valence-corrected chi connectivity index (χ1v) is 8.37. The van der Waals surface area contributed by atoms with Gasteiger partial charge in [0.05, 0.1) is 5.69 Å². The third-order valence-corrected chi connectivity index (χ3v) is 4.23. The van der Waals surface area contributed by atoms with Crippen LogP contribution < -0.4 is 0 Å². The molecule has 0 atom stereocenters. The molecular formula is C18H7CuF10N3O2. The summed E-state index contributed by atoms with van der Waals surface area (Å²) in [6.07, 6.45) is -10.8. The minimum Gasteiger partial charge on any atom is -0.493 e. The van der Waals surface area contributed by atoms with Crippen molar-refractivity contribution < 1.29 is 70.9 Å². The molecule has 1 N–H and O–H groups in total. The molecule has 5 nitrogen and oxygen atoms in total. The molecule has 0 saturated heterocycles. The summed E-state index contributed by atoms with van der Waals surface area (Å²) in [5.41, 5.74) is -8.77. The maximum absolute atomic E-state index is 14.0. The van der Waals surface area contributed by atoms with Gasteiger partial charge in [-0.3, -0.25) is 4.79 Å². The fourth-order valence-corrected chi connectivity index (χ4v) is 2.78. The van der Waals surface area contributed by atoms with E-state index in [0.29, 0.717) is 0 Å². The Morgan fingerprint density at radius 1 is 0.882 bits per heavy atom. The average molecular weight is 551 g/mol. The molecule has 0 aliphatic heterocycles. The van der Waals surface area contributed by atoms with Gasteiger partial charge in [-0.05, 0) is 19.1 Å². The van der Waals surface area contributed by atoms with Crippen LogP contribution in [0.1, 0.15) is 33.0 Å². The van der Waals surface area contributed by atoms with E-state index in [-0.39, 0.29) is 39.9 Å². The Morgan fingerprint density at radius 3 is 1.74 bits per heavy atom. The summed E-state index contributed by atoms with van der Waals surface area (Å²) in [4.78, 5) is 15.1. The van der Waals surface area contributed by atoms with Gasteiger partial charge in [0.25, 0.3) is 0 Å². The van der Waals surface area contributed by atoms with Gasteiger partial charge in [0, 0.05) is 28.7 Å². The first-order chi connectivity index (χ1) is 15.0. The number of ketones is 1. The van der Waals surface area contributed by atoms with Gasteiger partial charge in [0.1, 0.15) is 22.6 Å². The van der Waals surface area contributed by atoms with E-state index < -0.39 is 81.2 Å². The van der Waals surface area contributed by atoms with E-state index in [2.05, 4.69) is 10.1 Å². The van der Waals surface area contributed by atoms with Crippen LogP contribution in [-0.4, -0.2) is 25.7 Å². The van der Waals surface area contributed by atoms with Crippen LogP contribution >= 0.6 is 0 Å². The standard InChI is InChI=1S/C18H7F10N3O2.Cu/c1-5-11(16(33)31(30-5)14-12(21)7(19)4-8(20)13(14)22)15(32)6-2-9(17(23,24)25)29-10(3-6)18(26,27)28;/h2-4,33H,1H3;. The normalized spacial score (nSPS) is 12.0. The number of benzene rings is 1. The number of carbonyl (C=O) groups excluding carboxylic acids is 1. The molecule has 0 bridgehead atoms. The molecular weight excluding hydrogens is 544 g/mol. The number of alkyl halides is 6. The first-order valence-electron chi connectivity index (χ1n) is 8.37. The van der Waals surface area contributed by atoms with Gasteiger partial charge in [-0.1, -0.05) is 0 Å². The summed E-state index contributed by atoms with van der Waals surface area (Å²) in [6, 6.07) is -0.254. The molecule has 0 saturated carbocycles. The van der Waals surface area contributed by atoms with Crippen molar-refractivity contribution in [3.63, 3.8) is 0 Å². The van der Waals surface area contributed by atoms with Gasteiger partial charge in [0.2, 0.25) is 11.7 Å². The van der Waals surface area contributed by atoms with Gasteiger partial charge in [-0.2, -0.15) is 36.1 Å². The third-order valence-electron chi connectivity index (χ3n) is 4.23. The van der Waals surface area contributed by atoms with E-state index in [4.69, 9.17) is 0 Å². The van der Waals surface area contributed by atoms with Crippen LogP contribution in [0.5, 0.6) is 5.88 Å². The smallest absolute Gasteiger partial charge is 0.433 e. The second kappa shape index (κ2) is 8.91. The Morgan fingerprint density at radius 2 is 1.32 bits per heavy atom. The maximum Gasteiger partial charge on any atom is 0.433 e. The molecule has 0 aliphatic rings. The summed E-state index contributed by atoms with van der Waals surface area (Å²) >= 11 is 0. The van der Waals surface area contributed by atoms with E-state index in [0.717, 1.165) is 6.92 Å². The van der Waals surface area contributed by atoms with Gasteiger partial charge in [-0.25, -0.2) is 22.5 Å². The molecule has 1 aromatic carbocycles. The summed E-state index contributed by atoms with van der Waals surface area (Å²) < 4.78 is 133. The number of carbonyl (C=O) groups is 1. The zero-order valence-corrected chi connectivity index (χ0v) is 17.0. The molecule has 16 heteroatoms. The van der Waals surface area contributed by atoms with E-state index in [1.54, 1.807) is 0 Å². The predicted octanol–water partition coefficient (Wildman–Crippen LogP) is 5.10. The number of hydrogen-bond donors (Lipinski definition) is 1. The fourth-order valence-electron chi connectivity index (χ4n) is 2.78. The third kappa shape index (κ3) is 4.73. The van der Waals surface area contributed by atoms with E-state index >= 15 is 0 Å². The second-order valence-electron chi connectivity index (χ2n) is 6.46. The van der Waals surface area contributed by atoms with Crippen LogP contribution in [0.2, 0.25) is 0 Å². The number of aromatic hydroxyl groups is 1. The molecule has 3 rings (SSSR count). The zero-order chi connectivity index (χ0) is 25.0. The van der Waals surface area contributed by atoms with Crippen molar-refractivity contribution in [2.45, 2.75) is 19.3 Å². The molecule has 1 radical (unpaired) electrons. The largest absolute Gasteiger partial charge is 0.493 e. The van der Waals surface area contributed by atoms with E-state index in [1.807, 2.05) is 0 Å². The van der Waals surface area contributed by atoms with Gasteiger partial charge >= 0.3 is 12.4 Å². The minimum absolute atomic E-state index is 0. The molecule has 3 aromatic rings. The Labute approximate surface area is 192 Å². The average Bonchev–Trinajstić information content (AvgIpc) is 2.98. The van der Waals surface area contributed by atoms with Crippen molar-refractivity contribution in [1.82, 2.24) is 14.8 Å². The van der Waals surface area contributed by atoms with Crippen molar-refractivity contribution in [1.29, 1.82) is 0 Å². The van der Waals surface area contributed by atoms with Gasteiger partial charge in [0.15, 0.2) is 23.3 Å². The zero-order valence-electron chi connectivity index (χ0n) is 16.0. The molecule has 0 aliphatic carbocycles. The topological polar surface area (TPSA) is 68.0 Å². The van der Waals surface area contributed by atoms with Gasteiger partial charge in [-0.15, -0.1) is 0 Å². The van der Waals surface area contributed by atoms with Crippen molar-refractivity contribution in [3.8, 4) is 11.6 Å². The minimum atomic E-state index is -5.40. The quantitative estimate of drug-likeness (QED) is 0.213. The van der Waals surface area contributed by atoms with Crippen molar-refractivity contribution in [3.05, 3.63) is 69.7 Å². The molecule has 0 spiro atoms. The van der Waals surface area contributed by atoms with Gasteiger partial charge < -0.3 is 5.11 Å². The Bertz CT molecular complexity index is 1230. The van der Waals surface area contributed by atoms with Crippen molar-refractivity contribution in [2.24, 2.45) is 0 Å². The Balaban J connectivity index is 0.00000408. The monoisotopic (exact) mass is 550 g/mol. The number of halogens is 10. The Kier molecular flexibility index (Phi) is 7.10. The molecule has 0 amide bonds. The molecule has 34 heavy (non-hydrogen) atoms. The molecule has 2 heterocycles. The molecule has 2 aromatic heterocycles. The number of aromatic nitrogens is 3. The van der Waals surface area contributed by atoms with Crippen LogP contribution in [0.3, 0.4) is 0 Å². The SMILES string of the molecule is Cc1nn(-c2c(F)c(F)cc(F)c2F)c(O)c1C(=O)c1cc(C(F)(F)F)nc(C(F)(F)F)c1.[Cu]. The number of aryl methyl sites for hydroxylation is 1. The summed E-state index contributed by atoms with van der Waals surface area (Å²) in [5.74, 6) is -11.1. The summed E-state index contributed by atoms with van der Waals surface area (Å²) in [5, 5.41) is 13.6.